The van der Waals surface area contributed by atoms with Crippen molar-refractivity contribution in [3.63, 3.8) is 0 Å². The van der Waals surface area contributed by atoms with Crippen molar-refractivity contribution in [2.24, 2.45) is 0 Å². The van der Waals surface area contributed by atoms with Crippen LogP contribution in [0.5, 0.6) is 0 Å². The average Bonchev–Trinajstić information content (AvgIpc) is 2.75. The number of furan rings is 1. The third kappa shape index (κ3) is 6.28. The molecule has 7 heteroatoms. The Balaban J connectivity index is 2.65. The van der Waals surface area contributed by atoms with Crippen LogP contribution in [0.2, 0.25) is 0 Å². The van der Waals surface area contributed by atoms with Gasteiger partial charge in [-0.05, 0) is 25.5 Å². The molecule has 0 radical (unpaired) electrons. The van der Waals surface area contributed by atoms with Crippen LogP contribution in [-0.4, -0.2) is 34.7 Å². The molecule has 108 valence electrons. The second kappa shape index (κ2) is 6.60. The summed E-state index contributed by atoms with van der Waals surface area (Å²) in [6, 6.07) is 3.05. The first-order chi connectivity index (χ1) is 8.78. The number of rotatable bonds is 6. The normalized spacial score (nSPS) is 13.3. The Morgan fingerprint density at radius 3 is 2.68 bits per heavy atom. The molecule has 0 aromatic carbocycles. The lowest BCUT2D eigenvalue weighted by molar-refractivity contribution is -0.163. The zero-order valence-electron chi connectivity index (χ0n) is 10.5. The maximum Gasteiger partial charge on any atom is 0.406 e. The van der Waals surface area contributed by atoms with Gasteiger partial charge in [-0.3, -0.25) is 4.79 Å². The Morgan fingerprint density at radius 1 is 1.53 bits per heavy atom. The zero-order valence-corrected chi connectivity index (χ0v) is 10.5. The van der Waals surface area contributed by atoms with Gasteiger partial charge in [0, 0.05) is 6.42 Å². The molecule has 0 fully saturated rings. The van der Waals surface area contributed by atoms with Gasteiger partial charge in [-0.25, -0.2) is 0 Å². The highest BCUT2D eigenvalue weighted by Crippen LogP contribution is 2.19. The fourth-order valence-corrected chi connectivity index (χ4v) is 1.53. The molecule has 1 heterocycles. The standard InChI is InChI=1S/C12H16F3NO3/c1-9(17)4-5-11(18)16(8-12(13,14)15)7-10-3-2-6-19-10/h2-3,6,9,17H,4-5,7-8H2,1H3. The van der Waals surface area contributed by atoms with Crippen molar-refractivity contribution in [1.29, 1.82) is 0 Å². The van der Waals surface area contributed by atoms with Crippen LogP contribution in [-0.2, 0) is 11.3 Å². The molecule has 1 aromatic heterocycles. The Kier molecular flexibility index (Phi) is 5.41. The van der Waals surface area contributed by atoms with Crippen molar-refractivity contribution >= 4 is 5.91 Å². The number of amides is 1. The molecule has 0 saturated carbocycles. The predicted octanol–water partition coefficient (Wildman–Crippen LogP) is 2.33. The molecule has 0 saturated heterocycles. The van der Waals surface area contributed by atoms with E-state index in [9.17, 15) is 18.0 Å². The largest absolute Gasteiger partial charge is 0.467 e. The van der Waals surface area contributed by atoms with Crippen molar-refractivity contribution in [2.75, 3.05) is 6.54 Å². The Bertz CT molecular complexity index is 387. The summed E-state index contributed by atoms with van der Waals surface area (Å²) in [6.45, 7) is -0.0780. The first-order valence-electron chi connectivity index (χ1n) is 5.83. The molecule has 4 nitrogen and oxygen atoms in total. The molecule has 1 aromatic rings. The van der Waals surface area contributed by atoms with Gasteiger partial charge in [-0.1, -0.05) is 0 Å². The maximum atomic E-state index is 12.4. The minimum absolute atomic E-state index is 0.130. The summed E-state index contributed by atoms with van der Waals surface area (Å²) in [4.78, 5) is 12.4. The van der Waals surface area contributed by atoms with E-state index in [0.717, 1.165) is 0 Å². The molecule has 1 atom stereocenters. The lowest BCUT2D eigenvalue weighted by Gasteiger charge is -2.23. The number of halogens is 3. The molecule has 1 unspecified atom stereocenters. The smallest absolute Gasteiger partial charge is 0.406 e. The van der Waals surface area contributed by atoms with Crippen LogP contribution in [0.4, 0.5) is 13.2 Å². The van der Waals surface area contributed by atoms with Gasteiger partial charge < -0.3 is 14.4 Å². The topological polar surface area (TPSA) is 53.7 Å². The van der Waals surface area contributed by atoms with E-state index >= 15 is 0 Å². The number of nitrogens with zero attached hydrogens (tertiary/aromatic N) is 1. The van der Waals surface area contributed by atoms with Crippen molar-refractivity contribution < 1.29 is 27.5 Å². The molecule has 0 aliphatic heterocycles. The van der Waals surface area contributed by atoms with Crippen LogP contribution < -0.4 is 0 Å². The van der Waals surface area contributed by atoms with E-state index in [2.05, 4.69) is 0 Å². The predicted molar refractivity (Wildman–Crippen MR) is 61.1 cm³/mol. The van der Waals surface area contributed by atoms with E-state index in [0.29, 0.717) is 4.90 Å². The number of aliphatic hydroxyl groups is 1. The first kappa shape index (κ1) is 15.6. The van der Waals surface area contributed by atoms with Crippen LogP contribution in [0.3, 0.4) is 0 Å². The van der Waals surface area contributed by atoms with Crippen molar-refractivity contribution in [3.05, 3.63) is 24.2 Å². The van der Waals surface area contributed by atoms with Crippen LogP contribution in [0.1, 0.15) is 25.5 Å². The summed E-state index contributed by atoms with van der Waals surface area (Å²) >= 11 is 0. The Morgan fingerprint density at radius 2 is 2.21 bits per heavy atom. The molecule has 1 amide bonds. The summed E-state index contributed by atoms with van der Waals surface area (Å²) in [5.41, 5.74) is 0. The number of aliphatic hydroxyl groups excluding tert-OH is 1. The summed E-state index contributed by atoms with van der Waals surface area (Å²) in [5.74, 6) is -0.371. The van der Waals surface area contributed by atoms with Crippen LogP contribution in [0, 0.1) is 0 Å². The maximum absolute atomic E-state index is 12.4. The van der Waals surface area contributed by atoms with Gasteiger partial charge in [0.2, 0.25) is 5.91 Å². The average molecular weight is 279 g/mol. The van der Waals surface area contributed by atoms with Crippen LogP contribution >= 0.6 is 0 Å². The molecular formula is C12H16F3NO3. The summed E-state index contributed by atoms with van der Waals surface area (Å²) in [5, 5.41) is 9.06. The van der Waals surface area contributed by atoms with Crippen LogP contribution in [0.25, 0.3) is 0 Å². The van der Waals surface area contributed by atoms with Crippen molar-refractivity contribution in [3.8, 4) is 0 Å². The summed E-state index contributed by atoms with van der Waals surface area (Å²) in [6.07, 6.45) is -3.85. The number of alkyl halides is 3. The fraction of sp³-hybridized carbons (Fsp3) is 0.583. The minimum atomic E-state index is -4.47. The SMILES string of the molecule is CC(O)CCC(=O)N(Cc1ccco1)CC(F)(F)F. The van der Waals surface area contributed by atoms with E-state index < -0.39 is 24.7 Å². The van der Waals surface area contributed by atoms with Gasteiger partial charge >= 0.3 is 6.18 Å². The molecule has 1 rings (SSSR count). The monoisotopic (exact) mass is 279 g/mol. The van der Waals surface area contributed by atoms with Crippen molar-refractivity contribution in [1.82, 2.24) is 4.90 Å². The van der Waals surface area contributed by atoms with E-state index in [4.69, 9.17) is 9.52 Å². The number of hydrogen-bond donors (Lipinski definition) is 1. The number of carbonyl (C=O) groups excluding carboxylic acids is 1. The van der Waals surface area contributed by atoms with E-state index in [-0.39, 0.29) is 25.1 Å². The number of carbonyl (C=O) groups is 1. The Hall–Kier alpha value is -1.50. The molecule has 0 aliphatic carbocycles. The second-order valence-corrected chi connectivity index (χ2v) is 4.33. The van der Waals surface area contributed by atoms with Gasteiger partial charge in [0.15, 0.2) is 0 Å². The van der Waals surface area contributed by atoms with Crippen molar-refractivity contribution in [2.45, 2.75) is 38.6 Å². The lowest BCUT2D eigenvalue weighted by atomic mass is 10.2. The van der Waals surface area contributed by atoms with E-state index in [1.807, 2.05) is 0 Å². The van der Waals surface area contributed by atoms with Gasteiger partial charge in [0.05, 0.1) is 18.9 Å². The molecule has 1 N–H and O–H groups in total. The summed E-state index contributed by atoms with van der Waals surface area (Å²) in [7, 11) is 0. The third-order valence-electron chi connectivity index (χ3n) is 2.43. The zero-order chi connectivity index (χ0) is 14.5. The van der Waals surface area contributed by atoms with Gasteiger partial charge in [-0.15, -0.1) is 0 Å². The molecule has 19 heavy (non-hydrogen) atoms. The Labute approximate surface area is 108 Å². The van der Waals surface area contributed by atoms with Crippen LogP contribution in [0.15, 0.2) is 22.8 Å². The highest BCUT2D eigenvalue weighted by Gasteiger charge is 2.33. The lowest BCUT2D eigenvalue weighted by Crippen LogP contribution is -2.38. The number of hydrogen-bond acceptors (Lipinski definition) is 3. The van der Waals surface area contributed by atoms with Gasteiger partial charge in [0.25, 0.3) is 0 Å². The highest BCUT2D eigenvalue weighted by molar-refractivity contribution is 5.76. The highest BCUT2D eigenvalue weighted by atomic mass is 19.4. The molecular weight excluding hydrogens is 263 g/mol. The van der Waals surface area contributed by atoms with E-state index in [1.54, 1.807) is 6.07 Å². The summed E-state index contributed by atoms with van der Waals surface area (Å²) < 4.78 is 42.2. The fourth-order valence-electron chi connectivity index (χ4n) is 1.53. The molecule has 0 spiro atoms. The van der Waals surface area contributed by atoms with Gasteiger partial charge in [0.1, 0.15) is 12.3 Å². The first-order valence-corrected chi connectivity index (χ1v) is 5.83. The molecule has 0 bridgehead atoms. The van der Waals surface area contributed by atoms with Gasteiger partial charge in [-0.2, -0.15) is 13.2 Å². The van der Waals surface area contributed by atoms with E-state index in [1.165, 1.54) is 19.3 Å². The third-order valence-corrected chi connectivity index (χ3v) is 2.43. The molecule has 0 aliphatic rings. The quantitative estimate of drug-likeness (QED) is 0.869. The second-order valence-electron chi connectivity index (χ2n) is 4.33. The minimum Gasteiger partial charge on any atom is -0.467 e.